The Kier molecular flexibility index (Phi) is 7.20. The topological polar surface area (TPSA) is 86.1 Å². The van der Waals surface area contributed by atoms with Gasteiger partial charge in [-0.1, -0.05) is 40.9 Å². The van der Waals surface area contributed by atoms with E-state index in [4.69, 9.17) is 39.5 Å². The van der Waals surface area contributed by atoms with Gasteiger partial charge in [0.2, 0.25) is 0 Å². The van der Waals surface area contributed by atoms with Crippen LogP contribution in [0.2, 0.25) is 15.1 Å². The Labute approximate surface area is 194 Å². The van der Waals surface area contributed by atoms with E-state index < -0.39 is 24.5 Å². The van der Waals surface area contributed by atoms with E-state index in [9.17, 15) is 9.59 Å². The van der Waals surface area contributed by atoms with Gasteiger partial charge < -0.3 is 10.1 Å². The third-order valence-electron chi connectivity index (χ3n) is 4.39. The van der Waals surface area contributed by atoms with Gasteiger partial charge in [0.05, 0.1) is 16.8 Å². The predicted octanol–water partition coefficient (Wildman–Crippen LogP) is 4.88. The van der Waals surface area contributed by atoms with Crippen LogP contribution in [-0.2, 0) is 9.53 Å². The number of rotatable bonds is 6. The van der Waals surface area contributed by atoms with Crippen LogP contribution in [0.25, 0.3) is 5.82 Å². The highest BCUT2D eigenvalue weighted by atomic mass is 35.5. The van der Waals surface area contributed by atoms with E-state index in [2.05, 4.69) is 15.4 Å². The molecule has 0 aliphatic heterocycles. The van der Waals surface area contributed by atoms with Gasteiger partial charge >= 0.3 is 5.97 Å². The van der Waals surface area contributed by atoms with Crippen molar-refractivity contribution in [1.29, 1.82) is 0 Å². The van der Waals surface area contributed by atoms with Crippen molar-refractivity contribution in [2.24, 2.45) is 0 Å². The first-order valence-corrected chi connectivity index (χ1v) is 10.4. The third kappa shape index (κ3) is 5.55. The van der Waals surface area contributed by atoms with E-state index >= 15 is 0 Å². The number of carbonyl (C=O) groups is 2. The second-order valence-electron chi connectivity index (χ2n) is 6.87. The summed E-state index contributed by atoms with van der Waals surface area (Å²) in [6.45, 7) is 4.97. The van der Waals surface area contributed by atoms with Gasteiger partial charge in [-0.05, 0) is 56.7 Å². The molecule has 0 aliphatic carbocycles. The fraction of sp³-hybridized carbons (Fsp3) is 0.238. The Balaban J connectivity index is 1.65. The molecule has 0 spiro atoms. The first-order valence-electron chi connectivity index (χ1n) is 9.27. The molecule has 162 valence electrons. The van der Waals surface area contributed by atoms with E-state index in [0.717, 1.165) is 11.4 Å². The molecular formula is C21H19Cl3N4O3. The van der Waals surface area contributed by atoms with Crippen molar-refractivity contribution >= 4 is 46.7 Å². The summed E-state index contributed by atoms with van der Waals surface area (Å²) in [5, 5.41) is 8.08. The summed E-state index contributed by atoms with van der Waals surface area (Å²) >= 11 is 18.2. The zero-order valence-electron chi connectivity index (χ0n) is 16.9. The molecule has 3 rings (SSSR count). The predicted molar refractivity (Wildman–Crippen MR) is 119 cm³/mol. The SMILES string of the molecule is Cc1cc(C)n(-c2ccc(Cl)c(C(=O)OCC(=O)NC(C)c3ccc(Cl)cc3Cl)n2)n1. The van der Waals surface area contributed by atoms with Crippen molar-refractivity contribution in [3.05, 3.63) is 74.1 Å². The number of ether oxygens (including phenoxy) is 1. The molecule has 0 radical (unpaired) electrons. The summed E-state index contributed by atoms with van der Waals surface area (Å²) in [4.78, 5) is 29.0. The van der Waals surface area contributed by atoms with Gasteiger partial charge in [0, 0.05) is 15.7 Å². The van der Waals surface area contributed by atoms with Gasteiger partial charge in [0.25, 0.3) is 5.91 Å². The van der Waals surface area contributed by atoms with Crippen molar-refractivity contribution in [3.8, 4) is 5.82 Å². The normalized spacial score (nSPS) is 11.8. The van der Waals surface area contributed by atoms with Crippen LogP contribution in [0.1, 0.15) is 40.4 Å². The number of pyridine rings is 1. The molecule has 2 aromatic heterocycles. The largest absolute Gasteiger partial charge is 0.451 e. The van der Waals surface area contributed by atoms with Gasteiger partial charge in [-0.2, -0.15) is 5.10 Å². The molecule has 1 aromatic carbocycles. The minimum atomic E-state index is -0.819. The third-order valence-corrected chi connectivity index (χ3v) is 5.26. The number of nitrogens with one attached hydrogen (secondary N) is 1. The number of aromatic nitrogens is 3. The number of carbonyl (C=O) groups excluding carboxylic acids is 2. The van der Waals surface area contributed by atoms with Gasteiger partial charge in [0.15, 0.2) is 18.1 Å². The van der Waals surface area contributed by atoms with Gasteiger partial charge in [0.1, 0.15) is 0 Å². The van der Waals surface area contributed by atoms with E-state index in [1.807, 2.05) is 19.9 Å². The molecule has 1 unspecified atom stereocenters. The van der Waals surface area contributed by atoms with E-state index in [0.29, 0.717) is 21.4 Å². The molecule has 7 nitrogen and oxygen atoms in total. The number of aryl methyl sites for hydroxylation is 2. The molecule has 0 aliphatic rings. The summed E-state index contributed by atoms with van der Waals surface area (Å²) in [6.07, 6.45) is 0. The Morgan fingerprint density at radius 2 is 1.84 bits per heavy atom. The lowest BCUT2D eigenvalue weighted by Crippen LogP contribution is -2.31. The average molecular weight is 482 g/mol. The van der Waals surface area contributed by atoms with Crippen LogP contribution in [0.15, 0.2) is 36.4 Å². The molecule has 1 atom stereocenters. The molecule has 0 bridgehead atoms. The fourth-order valence-electron chi connectivity index (χ4n) is 2.97. The molecule has 0 saturated carbocycles. The summed E-state index contributed by atoms with van der Waals surface area (Å²) in [7, 11) is 0. The van der Waals surface area contributed by atoms with Crippen molar-refractivity contribution in [2.75, 3.05) is 6.61 Å². The number of esters is 1. The first kappa shape index (κ1) is 23.1. The number of benzene rings is 1. The molecule has 10 heteroatoms. The van der Waals surface area contributed by atoms with Crippen LogP contribution in [0.3, 0.4) is 0 Å². The molecule has 0 fully saturated rings. The lowest BCUT2D eigenvalue weighted by atomic mass is 10.1. The molecule has 31 heavy (non-hydrogen) atoms. The maximum absolute atomic E-state index is 12.5. The minimum Gasteiger partial charge on any atom is -0.451 e. The van der Waals surface area contributed by atoms with Crippen molar-refractivity contribution in [1.82, 2.24) is 20.1 Å². The maximum atomic E-state index is 12.5. The van der Waals surface area contributed by atoms with E-state index in [-0.39, 0.29) is 10.7 Å². The van der Waals surface area contributed by atoms with Gasteiger partial charge in [-0.15, -0.1) is 0 Å². The smallest absolute Gasteiger partial charge is 0.359 e. The molecule has 3 aromatic rings. The quantitative estimate of drug-likeness (QED) is 0.507. The standard InChI is InChI=1S/C21H19Cl3N4O3/c1-11-8-12(2)28(27-11)18-7-6-16(23)20(26-18)21(30)31-10-19(29)25-13(3)15-5-4-14(22)9-17(15)24/h4-9,13H,10H2,1-3H3,(H,25,29). The van der Waals surface area contributed by atoms with Crippen molar-refractivity contribution in [2.45, 2.75) is 26.8 Å². The highest BCUT2D eigenvalue weighted by molar-refractivity contribution is 6.35. The maximum Gasteiger partial charge on any atom is 0.359 e. The van der Waals surface area contributed by atoms with Crippen LogP contribution in [0.4, 0.5) is 0 Å². The zero-order valence-corrected chi connectivity index (χ0v) is 19.2. The second kappa shape index (κ2) is 9.68. The Morgan fingerprint density at radius 1 is 1.10 bits per heavy atom. The zero-order chi connectivity index (χ0) is 22.7. The summed E-state index contributed by atoms with van der Waals surface area (Å²) in [6, 6.07) is 9.62. The summed E-state index contributed by atoms with van der Waals surface area (Å²) in [5.74, 6) is -0.907. The number of hydrogen-bond donors (Lipinski definition) is 1. The van der Waals surface area contributed by atoms with E-state index in [1.54, 1.807) is 35.9 Å². The molecule has 1 amide bonds. The second-order valence-corrected chi connectivity index (χ2v) is 8.12. The Bertz CT molecular complexity index is 1150. The molecule has 0 saturated heterocycles. The summed E-state index contributed by atoms with van der Waals surface area (Å²) < 4.78 is 6.69. The van der Waals surface area contributed by atoms with Crippen LogP contribution >= 0.6 is 34.8 Å². The Hall–Kier alpha value is -2.61. The first-order chi connectivity index (χ1) is 14.7. The van der Waals surface area contributed by atoms with Crippen LogP contribution < -0.4 is 5.32 Å². The van der Waals surface area contributed by atoms with Gasteiger partial charge in [-0.3, -0.25) is 4.79 Å². The number of hydrogen-bond acceptors (Lipinski definition) is 5. The van der Waals surface area contributed by atoms with Crippen LogP contribution in [-0.4, -0.2) is 33.2 Å². The highest BCUT2D eigenvalue weighted by Crippen LogP contribution is 2.26. The highest BCUT2D eigenvalue weighted by Gasteiger charge is 2.19. The summed E-state index contributed by atoms with van der Waals surface area (Å²) in [5.41, 5.74) is 2.24. The molecular weight excluding hydrogens is 463 g/mol. The number of halogens is 3. The molecule has 2 heterocycles. The van der Waals surface area contributed by atoms with E-state index in [1.165, 1.54) is 6.07 Å². The average Bonchev–Trinajstić information content (AvgIpc) is 3.04. The van der Waals surface area contributed by atoms with Crippen molar-refractivity contribution < 1.29 is 14.3 Å². The lowest BCUT2D eigenvalue weighted by molar-refractivity contribution is -0.124. The number of nitrogens with zero attached hydrogens (tertiary/aromatic N) is 3. The fourth-order valence-corrected chi connectivity index (χ4v) is 3.72. The lowest BCUT2D eigenvalue weighted by Gasteiger charge is -2.16. The van der Waals surface area contributed by atoms with Crippen LogP contribution in [0, 0.1) is 13.8 Å². The minimum absolute atomic E-state index is 0.103. The van der Waals surface area contributed by atoms with Gasteiger partial charge in [-0.25, -0.2) is 14.5 Å². The monoisotopic (exact) mass is 480 g/mol. The molecule has 1 N–H and O–H groups in total. The number of amides is 1. The van der Waals surface area contributed by atoms with Crippen molar-refractivity contribution in [3.63, 3.8) is 0 Å². The Morgan fingerprint density at radius 3 is 2.48 bits per heavy atom. The van der Waals surface area contributed by atoms with Crippen LogP contribution in [0.5, 0.6) is 0 Å².